The van der Waals surface area contributed by atoms with Crippen molar-refractivity contribution in [1.29, 1.82) is 0 Å². The number of thiazole rings is 1. The third-order valence-corrected chi connectivity index (χ3v) is 4.36. The zero-order chi connectivity index (χ0) is 12.0. The highest BCUT2D eigenvalue weighted by Gasteiger charge is 2.28. The van der Waals surface area contributed by atoms with Gasteiger partial charge < -0.3 is 5.73 Å². The summed E-state index contributed by atoms with van der Waals surface area (Å²) in [5.74, 6) is 0.204. The number of aryl methyl sites for hydroxylation is 2. The minimum atomic E-state index is -0.143. The lowest BCUT2D eigenvalue weighted by Crippen LogP contribution is -1.96. The van der Waals surface area contributed by atoms with Gasteiger partial charge in [0.05, 0.1) is 5.69 Å². The Labute approximate surface area is 103 Å². The van der Waals surface area contributed by atoms with Gasteiger partial charge in [-0.3, -0.25) is 0 Å². The maximum atomic E-state index is 13.3. The lowest BCUT2D eigenvalue weighted by atomic mass is 9.97. The molecule has 0 fully saturated rings. The second-order valence-electron chi connectivity index (χ2n) is 4.46. The van der Waals surface area contributed by atoms with Crippen LogP contribution in [0.4, 0.5) is 9.52 Å². The second-order valence-corrected chi connectivity index (χ2v) is 5.53. The third-order valence-electron chi connectivity index (χ3n) is 3.31. The molecule has 1 aliphatic carbocycles. The maximum absolute atomic E-state index is 13.3. The molecule has 3 rings (SSSR count). The van der Waals surface area contributed by atoms with Gasteiger partial charge in [0.15, 0.2) is 5.13 Å². The fraction of sp³-hybridized carbons (Fsp3) is 0.308. The molecule has 1 aromatic heterocycles. The molecule has 2 N–H and O–H groups in total. The van der Waals surface area contributed by atoms with Crippen molar-refractivity contribution in [3.63, 3.8) is 0 Å². The van der Waals surface area contributed by atoms with E-state index in [1.165, 1.54) is 10.4 Å². The predicted molar refractivity (Wildman–Crippen MR) is 67.8 cm³/mol. The van der Waals surface area contributed by atoms with Crippen LogP contribution < -0.4 is 5.73 Å². The first-order valence-electron chi connectivity index (χ1n) is 5.66. The summed E-state index contributed by atoms with van der Waals surface area (Å²) in [5, 5.41) is 0.638. The number of nitrogen functional groups attached to an aromatic ring is 1. The molecule has 0 saturated carbocycles. The molecule has 4 heteroatoms. The van der Waals surface area contributed by atoms with Crippen LogP contribution in [0.3, 0.4) is 0 Å². The van der Waals surface area contributed by atoms with Crippen molar-refractivity contribution in [1.82, 2.24) is 4.98 Å². The van der Waals surface area contributed by atoms with Crippen LogP contribution in [-0.2, 0) is 6.42 Å². The molecule has 0 bridgehead atoms. The third kappa shape index (κ3) is 1.72. The molecule has 2 nitrogen and oxygen atoms in total. The molecular weight excluding hydrogens is 235 g/mol. The first kappa shape index (κ1) is 10.7. The van der Waals surface area contributed by atoms with Gasteiger partial charge in [0.1, 0.15) is 5.82 Å². The van der Waals surface area contributed by atoms with Crippen LogP contribution in [0.1, 0.15) is 34.0 Å². The Bertz CT molecular complexity index is 577. The number of hydrogen-bond acceptors (Lipinski definition) is 3. The molecule has 88 valence electrons. The van der Waals surface area contributed by atoms with Crippen LogP contribution in [0.25, 0.3) is 0 Å². The average Bonchev–Trinajstić information content (AvgIpc) is 2.81. The lowest BCUT2D eigenvalue weighted by molar-refractivity contribution is 0.616. The quantitative estimate of drug-likeness (QED) is 0.841. The van der Waals surface area contributed by atoms with E-state index in [0.29, 0.717) is 16.6 Å². The van der Waals surface area contributed by atoms with Gasteiger partial charge in [0.25, 0.3) is 0 Å². The summed E-state index contributed by atoms with van der Waals surface area (Å²) in [6.07, 6.45) is 2.03. The van der Waals surface area contributed by atoms with Gasteiger partial charge in [-0.25, -0.2) is 9.37 Å². The van der Waals surface area contributed by atoms with Crippen LogP contribution in [-0.4, -0.2) is 4.98 Å². The molecule has 1 unspecified atom stereocenters. The minimum absolute atomic E-state index is 0.143. The monoisotopic (exact) mass is 248 g/mol. The van der Waals surface area contributed by atoms with Crippen molar-refractivity contribution in [3.8, 4) is 0 Å². The Morgan fingerprint density at radius 3 is 3.06 bits per heavy atom. The number of benzene rings is 1. The molecule has 1 heterocycles. The summed E-state index contributed by atoms with van der Waals surface area (Å²) < 4.78 is 13.3. The van der Waals surface area contributed by atoms with E-state index in [1.807, 2.05) is 12.1 Å². The Morgan fingerprint density at radius 1 is 1.47 bits per heavy atom. The van der Waals surface area contributed by atoms with Crippen molar-refractivity contribution in [2.24, 2.45) is 0 Å². The molecule has 0 aliphatic heterocycles. The number of anilines is 1. The van der Waals surface area contributed by atoms with Crippen molar-refractivity contribution >= 4 is 16.5 Å². The van der Waals surface area contributed by atoms with Gasteiger partial charge in [-0.05, 0) is 37.0 Å². The van der Waals surface area contributed by atoms with E-state index in [1.54, 1.807) is 24.3 Å². The summed E-state index contributed by atoms with van der Waals surface area (Å²) in [4.78, 5) is 5.59. The molecule has 1 atom stereocenters. The fourth-order valence-electron chi connectivity index (χ4n) is 2.45. The van der Waals surface area contributed by atoms with Crippen LogP contribution >= 0.6 is 11.3 Å². The first-order valence-corrected chi connectivity index (χ1v) is 6.48. The van der Waals surface area contributed by atoms with E-state index >= 15 is 0 Å². The number of hydrogen-bond donors (Lipinski definition) is 1. The SMILES string of the molecule is Cc1cc(C2CCc3nc(N)sc32)ccc1F. The Morgan fingerprint density at radius 2 is 2.29 bits per heavy atom. The van der Waals surface area contributed by atoms with E-state index < -0.39 is 0 Å². The lowest BCUT2D eigenvalue weighted by Gasteiger charge is -2.10. The highest BCUT2D eigenvalue weighted by atomic mass is 32.1. The van der Waals surface area contributed by atoms with Crippen LogP contribution in [0.15, 0.2) is 18.2 Å². The molecule has 1 aliphatic rings. The molecule has 0 saturated heterocycles. The zero-order valence-electron chi connectivity index (χ0n) is 9.53. The van der Waals surface area contributed by atoms with E-state index in [0.717, 1.165) is 18.5 Å². The number of nitrogens with zero attached hydrogens (tertiary/aromatic N) is 1. The highest BCUT2D eigenvalue weighted by Crippen LogP contribution is 2.42. The molecule has 2 aromatic rings. The number of halogens is 1. The number of nitrogens with two attached hydrogens (primary N) is 1. The molecule has 0 amide bonds. The van der Waals surface area contributed by atoms with Gasteiger partial charge in [-0.2, -0.15) is 0 Å². The highest BCUT2D eigenvalue weighted by molar-refractivity contribution is 7.15. The molecule has 17 heavy (non-hydrogen) atoms. The number of rotatable bonds is 1. The summed E-state index contributed by atoms with van der Waals surface area (Å²) in [6, 6.07) is 5.36. The smallest absolute Gasteiger partial charge is 0.180 e. The molecular formula is C13H13FN2S. The molecule has 0 spiro atoms. The van der Waals surface area contributed by atoms with E-state index in [2.05, 4.69) is 4.98 Å². The molecule has 0 radical (unpaired) electrons. The largest absolute Gasteiger partial charge is 0.375 e. The van der Waals surface area contributed by atoms with Crippen molar-refractivity contribution < 1.29 is 4.39 Å². The van der Waals surface area contributed by atoms with Crippen LogP contribution in [0.5, 0.6) is 0 Å². The number of fused-ring (bicyclic) bond motifs is 1. The van der Waals surface area contributed by atoms with Gasteiger partial charge >= 0.3 is 0 Å². The second kappa shape index (κ2) is 3.81. The Kier molecular flexibility index (Phi) is 2.40. The normalized spacial score (nSPS) is 18.4. The van der Waals surface area contributed by atoms with Crippen LogP contribution in [0.2, 0.25) is 0 Å². The van der Waals surface area contributed by atoms with Crippen molar-refractivity contribution in [2.75, 3.05) is 5.73 Å². The average molecular weight is 248 g/mol. The van der Waals surface area contributed by atoms with Gasteiger partial charge in [0.2, 0.25) is 0 Å². The van der Waals surface area contributed by atoms with E-state index in [9.17, 15) is 4.39 Å². The molecule has 1 aromatic carbocycles. The summed E-state index contributed by atoms with van der Waals surface area (Å²) in [7, 11) is 0. The van der Waals surface area contributed by atoms with Gasteiger partial charge in [-0.15, -0.1) is 11.3 Å². The summed E-state index contributed by atoms with van der Waals surface area (Å²) in [6.45, 7) is 1.80. The topological polar surface area (TPSA) is 38.9 Å². The van der Waals surface area contributed by atoms with E-state index in [4.69, 9.17) is 5.73 Å². The van der Waals surface area contributed by atoms with Crippen LogP contribution in [0, 0.1) is 12.7 Å². The zero-order valence-corrected chi connectivity index (χ0v) is 10.4. The van der Waals surface area contributed by atoms with Gasteiger partial charge in [0, 0.05) is 10.8 Å². The summed E-state index contributed by atoms with van der Waals surface area (Å²) in [5.41, 5.74) is 8.73. The van der Waals surface area contributed by atoms with Crippen molar-refractivity contribution in [3.05, 3.63) is 45.7 Å². The Balaban J connectivity index is 2.03. The van der Waals surface area contributed by atoms with Gasteiger partial charge in [-0.1, -0.05) is 12.1 Å². The summed E-state index contributed by atoms with van der Waals surface area (Å²) >= 11 is 1.56. The van der Waals surface area contributed by atoms with Crippen molar-refractivity contribution in [2.45, 2.75) is 25.7 Å². The Hall–Kier alpha value is -1.42. The standard InChI is InChI=1S/C13H13FN2S/c1-7-6-8(2-4-10(7)14)9-3-5-11-12(9)17-13(15)16-11/h2,4,6,9H,3,5H2,1H3,(H2,15,16). The fourth-order valence-corrected chi connectivity index (χ4v) is 3.49. The minimum Gasteiger partial charge on any atom is -0.375 e. The van der Waals surface area contributed by atoms with E-state index in [-0.39, 0.29) is 5.82 Å². The predicted octanol–water partition coefficient (Wildman–Crippen LogP) is 3.25. The number of aromatic nitrogens is 1. The maximum Gasteiger partial charge on any atom is 0.180 e. The first-order chi connectivity index (χ1) is 8.15.